The number of benzene rings is 1. The number of methoxy groups -OCH3 is 2. The molecule has 0 aliphatic rings. The van der Waals surface area contributed by atoms with Crippen molar-refractivity contribution in [3.05, 3.63) is 47.3 Å². The van der Waals surface area contributed by atoms with Gasteiger partial charge in [0, 0.05) is 26.3 Å². The van der Waals surface area contributed by atoms with Gasteiger partial charge in [0.05, 0.1) is 13.7 Å². The lowest BCUT2D eigenvalue weighted by atomic mass is 10.1. The molecule has 2 aromatic rings. The summed E-state index contributed by atoms with van der Waals surface area (Å²) in [6, 6.07) is 9.22. The highest BCUT2D eigenvalue weighted by atomic mass is 16.5. The zero-order valence-electron chi connectivity index (χ0n) is 15.9. The van der Waals surface area contributed by atoms with Crippen LogP contribution in [0.4, 0.5) is 0 Å². The number of ether oxygens (including phenoxy) is 2. The number of carbonyl (C=O) groups excluding carboxylic acids is 2. The average Bonchev–Trinajstić information content (AvgIpc) is 3.14. The van der Waals surface area contributed by atoms with Gasteiger partial charge in [-0.15, -0.1) is 0 Å². The third kappa shape index (κ3) is 6.10. The van der Waals surface area contributed by atoms with E-state index < -0.39 is 0 Å². The van der Waals surface area contributed by atoms with Crippen LogP contribution in [-0.4, -0.2) is 55.8 Å². The Labute approximate surface area is 158 Å². The third-order valence-corrected chi connectivity index (χ3v) is 3.93. The first-order valence-corrected chi connectivity index (χ1v) is 8.70. The molecule has 1 aromatic carbocycles. The zero-order valence-corrected chi connectivity index (χ0v) is 15.9. The van der Waals surface area contributed by atoms with Gasteiger partial charge in [0.2, 0.25) is 5.91 Å². The average molecular weight is 375 g/mol. The summed E-state index contributed by atoms with van der Waals surface area (Å²) in [4.78, 5) is 25.8. The predicted molar refractivity (Wildman–Crippen MR) is 98.5 cm³/mol. The molecule has 0 saturated carbocycles. The SMILES string of the molecule is CCNC(=O)c1cc(CN(CCc2ccc(OC)cc2)C(=O)COC)on1. The molecule has 1 heterocycles. The highest BCUT2D eigenvalue weighted by Gasteiger charge is 2.18. The fraction of sp³-hybridized carbons (Fsp3) is 0.421. The van der Waals surface area contributed by atoms with Gasteiger partial charge >= 0.3 is 0 Å². The summed E-state index contributed by atoms with van der Waals surface area (Å²) in [5, 5.41) is 6.42. The monoisotopic (exact) mass is 375 g/mol. The maximum Gasteiger partial charge on any atom is 0.273 e. The molecular formula is C19H25N3O5. The van der Waals surface area contributed by atoms with Crippen molar-refractivity contribution in [1.82, 2.24) is 15.4 Å². The van der Waals surface area contributed by atoms with Crippen molar-refractivity contribution in [2.75, 3.05) is 33.9 Å². The highest BCUT2D eigenvalue weighted by molar-refractivity contribution is 5.92. The molecule has 146 valence electrons. The van der Waals surface area contributed by atoms with Crippen LogP contribution in [0.15, 0.2) is 34.9 Å². The number of nitrogens with one attached hydrogen (secondary N) is 1. The largest absolute Gasteiger partial charge is 0.497 e. The van der Waals surface area contributed by atoms with E-state index in [0.29, 0.717) is 25.3 Å². The number of nitrogens with zero attached hydrogens (tertiary/aromatic N) is 2. The molecule has 0 spiro atoms. The minimum absolute atomic E-state index is 0.0278. The van der Waals surface area contributed by atoms with Crippen LogP contribution in [0, 0.1) is 0 Å². The van der Waals surface area contributed by atoms with Crippen molar-refractivity contribution in [1.29, 1.82) is 0 Å². The van der Waals surface area contributed by atoms with Gasteiger partial charge in [0.25, 0.3) is 5.91 Å². The Kier molecular flexibility index (Phi) is 7.81. The number of hydrogen-bond donors (Lipinski definition) is 1. The quantitative estimate of drug-likeness (QED) is 0.679. The molecule has 8 nitrogen and oxygen atoms in total. The Hall–Kier alpha value is -2.87. The van der Waals surface area contributed by atoms with Crippen LogP contribution in [0.2, 0.25) is 0 Å². The summed E-state index contributed by atoms with van der Waals surface area (Å²) in [6.45, 7) is 2.99. The van der Waals surface area contributed by atoms with Gasteiger partial charge in [-0.25, -0.2) is 0 Å². The van der Waals surface area contributed by atoms with Crippen molar-refractivity contribution in [2.45, 2.75) is 19.9 Å². The number of aromatic nitrogens is 1. The molecule has 0 atom stereocenters. The van der Waals surface area contributed by atoms with E-state index in [1.165, 1.54) is 7.11 Å². The molecule has 0 bridgehead atoms. The first-order chi connectivity index (χ1) is 13.1. The Bertz CT molecular complexity index is 742. The van der Waals surface area contributed by atoms with Gasteiger partial charge in [-0.3, -0.25) is 9.59 Å². The maximum atomic E-state index is 12.4. The van der Waals surface area contributed by atoms with E-state index in [1.807, 2.05) is 31.2 Å². The lowest BCUT2D eigenvalue weighted by Gasteiger charge is -2.21. The third-order valence-electron chi connectivity index (χ3n) is 3.93. The number of amides is 2. The van der Waals surface area contributed by atoms with Crippen LogP contribution < -0.4 is 10.1 Å². The molecule has 27 heavy (non-hydrogen) atoms. The van der Waals surface area contributed by atoms with Crippen LogP contribution in [0.1, 0.15) is 28.7 Å². The summed E-state index contributed by atoms with van der Waals surface area (Å²) in [5.41, 5.74) is 1.27. The minimum atomic E-state index is -0.305. The van der Waals surface area contributed by atoms with E-state index >= 15 is 0 Å². The van der Waals surface area contributed by atoms with Crippen molar-refractivity contribution >= 4 is 11.8 Å². The second-order valence-corrected chi connectivity index (χ2v) is 5.88. The summed E-state index contributed by atoms with van der Waals surface area (Å²) >= 11 is 0. The van der Waals surface area contributed by atoms with E-state index in [4.69, 9.17) is 14.0 Å². The van der Waals surface area contributed by atoms with Crippen molar-refractivity contribution in [3.63, 3.8) is 0 Å². The van der Waals surface area contributed by atoms with Crippen LogP contribution >= 0.6 is 0 Å². The predicted octanol–water partition coefficient (Wildman–Crippen LogP) is 1.65. The fourth-order valence-electron chi connectivity index (χ4n) is 2.50. The molecule has 0 aliphatic heterocycles. The molecule has 2 rings (SSSR count). The number of hydrogen-bond acceptors (Lipinski definition) is 6. The molecule has 0 fully saturated rings. The van der Waals surface area contributed by atoms with E-state index in [2.05, 4.69) is 10.5 Å². The molecule has 1 N–H and O–H groups in total. The Morgan fingerprint density at radius 1 is 1.22 bits per heavy atom. The standard InChI is InChI=1S/C19H25N3O5/c1-4-20-19(24)17-11-16(27-21-17)12-22(18(23)13-25-2)10-9-14-5-7-15(26-3)8-6-14/h5-8,11H,4,9-10,12-13H2,1-3H3,(H,20,24). The first-order valence-electron chi connectivity index (χ1n) is 8.70. The molecule has 0 saturated heterocycles. The van der Waals surface area contributed by atoms with E-state index in [-0.39, 0.29) is 30.7 Å². The molecule has 0 unspecified atom stereocenters. The molecule has 8 heteroatoms. The smallest absolute Gasteiger partial charge is 0.273 e. The lowest BCUT2D eigenvalue weighted by Crippen LogP contribution is -2.35. The minimum Gasteiger partial charge on any atom is -0.497 e. The van der Waals surface area contributed by atoms with E-state index in [1.54, 1.807) is 18.1 Å². The number of rotatable bonds is 10. The Morgan fingerprint density at radius 2 is 1.96 bits per heavy atom. The lowest BCUT2D eigenvalue weighted by molar-refractivity contribution is -0.136. The van der Waals surface area contributed by atoms with Gasteiger partial charge < -0.3 is 24.2 Å². The highest BCUT2D eigenvalue weighted by Crippen LogP contribution is 2.13. The van der Waals surface area contributed by atoms with Gasteiger partial charge in [0.1, 0.15) is 12.4 Å². The fourth-order valence-corrected chi connectivity index (χ4v) is 2.50. The molecule has 0 aliphatic carbocycles. The summed E-state index contributed by atoms with van der Waals surface area (Å²) in [7, 11) is 3.09. The van der Waals surface area contributed by atoms with Crippen LogP contribution in [0.5, 0.6) is 5.75 Å². The Morgan fingerprint density at radius 3 is 2.59 bits per heavy atom. The molecule has 2 amide bonds. The van der Waals surface area contributed by atoms with Gasteiger partial charge in [-0.05, 0) is 31.0 Å². The topological polar surface area (TPSA) is 93.9 Å². The van der Waals surface area contributed by atoms with Gasteiger partial charge in [0.15, 0.2) is 11.5 Å². The first kappa shape index (κ1) is 20.4. The van der Waals surface area contributed by atoms with Crippen LogP contribution in [0.25, 0.3) is 0 Å². The summed E-state index contributed by atoms with van der Waals surface area (Å²) in [6.07, 6.45) is 0.663. The zero-order chi connectivity index (χ0) is 19.6. The number of carbonyl (C=O) groups is 2. The molecule has 1 aromatic heterocycles. The van der Waals surface area contributed by atoms with Crippen LogP contribution in [0.3, 0.4) is 0 Å². The summed E-state index contributed by atoms with van der Waals surface area (Å²) < 4.78 is 15.3. The van der Waals surface area contributed by atoms with E-state index in [0.717, 1.165) is 11.3 Å². The Balaban J connectivity index is 2.03. The molecular weight excluding hydrogens is 350 g/mol. The normalized spacial score (nSPS) is 10.5. The molecule has 0 radical (unpaired) electrons. The second-order valence-electron chi connectivity index (χ2n) is 5.88. The van der Waals surface area contributed by atoms with Crippen molar-refractivity contribution < 1.29 is 23.6 Å². The van der Waals surface area contributed by atoms with E-state index in [9.17, 15) is 9.59 Å². The second kappa shape index (κ2) is 10.3. The summed E-state index contributed by atoms with van der Waals surface area (Å²) in [5.74, 6) is 0.753. The maximum absolute atomic E-state index is 12.4. The van der Waals surface area contributed by atoms with Crippen LogP contribution in [-0.2, 0) is 22.5 Å². The van der Waals surface area contributed by atoms with Crippen molar-refractivity contribution in [2.24, 2.45) is 0 Å². The van der Waals surface area contributed by atoms with Gasteiger partial charge in [-0.1, -0.05) is 17.3 Å². The van der Waals surface area contributed by atoms with Gasteiger partial charge in [-0.2, -0.15) is 0 Å². The van der Waals surface area contributed by atoms with Crippen molar-refractivity contribution in [3.8, 4) is 5.75 Å².